The van der Waals surface area contributed by atoms with Crippen molar-refractivity contribution in [3.8, 4) is 17.1 Å². The number of ether oxygens (including phenoxy) is 1. The fraction of sp³-hybridized carbons (Fsp3) is 0.355. The molecule has 0 bridgehead atoms. The molecule has 0 saturated heterocycles. The van der Waals surface area contributed by atoms with Gasteiger partial charge in [0.2, 0.25) is 12.3 Å². The van der Waals surface area contributed by atoms with Crippen LogP contribution in [0.4, 0.5) is 0 Å². The van der Waals surface area contributed by atoms with Gasteiger partial charge in [-0.25, -0.2) is 9.86 Å². The van der Waals surface area contributed by atoms with Gasteiger partial charge in [0.25, 0.3) is 5.91 Å². The van der Waals surface area contributed by atoms with E-state index in [0.717, 1.165) is 29.9 Å². The Kier molecular flexibility index (Phi) is 12.6. The van der Waals surface area contributed by atoms with Crippen molar-refractivity contribution in [1.29, 1.82) is 0 Å². The lowest BCUT2D eigenvalue weighted by Gasteiger charge is -2.23. The summed E-state index contributed by atoms with van der Waals surface area (Å²) in [6.45, 7) is 4.30. The average Bonchev–Trinajstić information content (AvgIpc) is 3.49. The molecule has 1 aromatic heterocycles. The summed E-state index contributed by atoms with van der Waals surface area (Å²) >= 11 is 0. The number of benzene rings is 2. The lowest BCUT2D eigenvalue weighted by Crippen LogP contribution is -2.43. The number of hydrogen-bond acceptors (Lipinski definition) is 7. The smallest absolute Gasteiger partial charge is 0.335 e. The second kappa shape index (κ2) is 16.6. The molecule has 0 fully saturated rings. The van der Waals surface area contributed by atoms with E-state index in [0.29, 0.717) is 30.8 Å². The van der Waals surface area contributed by atoms with Crippen molar-refractivity contribution in [2.45, 2.75) is 46.1 Å². The van der Waals surface area contributed by atoms with Crippen molar-refractivity contribution < 1.29 is 38.3 Å². The van der Waals surface area contributed by atoms with Crippen molar-refractivity contribution in [2.24, 2.45) is 5.92 Å². The van der Waals surface area contributed by atoms with E-state index in [1.54, 1.807) is 19.1 Å². The van der Waals surface area contributed by atoms with Gasteiger partial charge in [-0.2, -0.15) is 0 Å². The molecular formula is C31H37N3O8. The van der Waals surface area contributed by atoms with E-state index < -0.39 is 17.8 Å². The van der Waals surface area contributed by atoms with Gasteiger partial charge in [-0.15, -0.1) is 0 Å². The molecular weight excluding hydrogens is 542 g/mol. The molecule has 42 heavy (non-hydrogen) atoms. The van der Waals surface area contributed by atoms with Gasteiger partial charge in [0.15, 0.2) is 5.76 Å². The van der Waals surface area contributed by atoms with E-state index in [-0.39, 0.29) is 42.8 Å². The first-order valence-electron chi connectivity index (χ1n) is 13.9. The molecule has 3 amide bonds. The van der Waals surface area contributed by atoms with E-state index in [1.165, 1.54) is 18.2 Å². The summed E-state index contributed by atoms with van der Waals surface area (Å²) in [5.41, 5.74) is 1.35. The van der Waals surface area contributed by atoms with Crippen molar-refractivity contribution in [3.63, 3.8) is 0 Å². The Morgan fingerprint density at radius 3 is 2.50 bits per heavy atom. The third-order valence-corrected chi connectivity index (χ3v) is 6.38. The molecule has 11 heteroatoms. The van der Waals surface area contributed by atoms with Crippen LogP contribution in [-0.4, -0.2) is 54.2 Å². The second-order valence-corrected chi connectivity index (χ2v) is 9.53. The molecule has 0 aliphatic rings. The third kappa shape index (κ3) is 9.77. The molecule has 1 heterocycles. The molecule has 224 valence electrons. The van der Waals surface area contributed by atoms with E-state index in [9.17, 15) is 24.3 Å². The predicted molar refractivity (Wildman–Crippen MR) is 154 cm³/mol. The summed E-state index contributed by atoms with van der Waals surface area (Å²) in [7, 11) is 0. The molecule has 1 atom stereocenters. The number of furan rings is 1. The summed E-state index contributed by atoms with van der Waals surface area (Å²) < 4.78 is 11.1. The lowest BCUT2D eigenvalue weighted by atomic mass is 10.0. The number of hydroxylamine groups is 2. The van der Waals surface area contributed by atoms with Gasteiger partial charge in [-0.1, -0.05) is 56.5 Å². The van der Waals surface area contributed by atoms with Gasteiger partial charge >= 0.3 is 5.97 Å². The van der Waals surface area contributed by atoms with Crippen molar-refractivity contribution in [3.05, 3.63) is 77.6 Å². The molecule has 2 aromatic carbocycles. The van der Waals surface area contributed by atoms with Crippen LogP contribution in [0, 0.1) is 5.92 Å². The van der Waals surface area contributed by atoms with Crippen LogP contribution in [0.1, 0.15) is 66.0 Å². The maximum atomic E-state index is 13.0. The maximum Gasteiger partial charge on any atom is 0.335 e. The second-order valence-electron chi connectivity index (χ2n) is 9.53. The summed E-state index contributed by atoms with van der Waals surface area (Å²) in [4.78, 5) is 54.4. The monoisotopic (exact) mass is 579 g/mol. The number of hydrogen-bond donors (Lipinski definition) is 3. The van der Waals surface area contributed by atoms with Crippen LogP contribution in [-0.2, 0) is 21.0 Å². The highest BCUT2D eigenvalue weighted by Crippen LogP contribution is 2.28. The lowest BCUT2D eigenvalue weighted by molar-refractivity contribution is -0.182. The first-order valence-corrected chi connectivity index (χ1v) is 13.9. The number of unbranched alkanes of at least 4 members (excludes halogenated alkanes) is 2. The summed E-state index contributed by atoms with van der Waals surface area (Å²) in [6.07, 6.45) is 3.82. The van der Waals surface area contributed by atoms with Crippen LogP contribution < -0.4 is 15.4 Å². The highest BCUT2D eigenvalue weighted by molar-refractivity contribution is 5.93. The minimum absolute atomic E-state index is 0.0149. The fourth-order valence-electron chi connectivity index (χ4n) is 4.19. The zero-order valence-corrected chi connectivity index (χ0v) is 23.8. The highest BCUT2D eigenvalue weighted by Gasteiger charge is 2.22. The molecule has 0 unspecified atom stereocenters. The minimum atomic E-state index is -1.12. The van der Waals surface area contributed by atoms with Crippen LogP contribution in [0.2, 0.25) is 0 Å². The first-order chi connectivity index (χ1) is 20.3. The standard InChI is InChI=1S/C31H37N3O8/c1-3-5-7-12-23(18-34(21-35)41-19-22-10-8-6-9-11-22)29(36)32-20-33-30(37)28-14-13-27(42-28)24-15-25(31(38)39)17-26(16-24)40-4-2/h6,8-11,13-17,21,23H,3-5,7,12,18-20H2,1-2H3,(H,32,36)(H,33,37)(H,38,39)/t23-/m1/s1. The van der Waals surface area contributed by atoms with Gasteiger partial charge in [0.05, 0.1) is 31.3 Å². The number of amides is 3. The third-order valence-electron chi connectivity index (χ3n) is 6.38. The summed E-state index contributed by atoms with van der Waals surface area (Å²) in [5, 5.41) is 15.8. The number of nitrogens with one attached hydrogen (secondary N) is 2. The fourth-order valence-corrected chi connectivity index (χ4v) is 4.19. The van der Waals surface area contributed by atoms with Crippen LogP contribution in [0.25, 0.3) is 11.3 Å². The van der Waals surface area contributed by atoms with Crippen LogP contribution in [0.3, 0.4) is 0 Å². The van der Waals surface area contributed by atoms with E-state index in [1.807, 2.05) is 30.3 Å². The normalized spacial score (nSPS) is 11.4. The number of carboxylic acids is 1. The molecule has 0 aliphatic carbocycles. The topological polar surface area (TPSA) is 147 Å². The Labute approximate surface area is 244 Å². The van der Waals surface area contributed by atoms with Gasteiger partial charge in [-0.05, 0) is 49.2 Å². The Morgan fingerprint density at radius 2 is 1.81 bits per heavy atom. The number of rotatable bonds is 18. The van der Waals surface area contributed by atoms with Crippen molar-refractivity contribution >= 4 is 24.2 Å². The van der Waals surface area contributed by atoms with Gasteiger partial charge in [0.1, 0.15) is 18.1 Å². The molecule has 11 nitrogen and oxygen atoms in total. The van der Waals surface area contributed by atoms with Gasteiger partial charge in [0, 0.05) is 5.56 Å². The molecule has 3 aromatic rings. The summed E-state index contributed by atoms with van der Waals surface area (Å²) in [6, 6.07) is 16.9. The highest BCUT2D eigenvalue weighted by atomic mass is 16.7. The predicted octanol–water partition coefficient (Wildman–Crippen LogP) is 4.63. The van der Waals surface area contributed by atoms with Crippen LogP contribution in [0.15, 0.2) is 65.1 Å². The van der Waals surface area contributed by atoms with E-state index in [2.05, 4.69) is 17.6 Å². The Bertz CT molecular complexity index is 1320. The zero-order chi connectivity index (χ0) is 30.3. The number of carbonyl (C=O) groups excluding carboxylic acids is 3. The molecule has 0 radical (unpaired) electrons. The minimum Gasteiger partial charge on any atom is -0.494 e. The van der Waals surface area contributed by atoms with Gasteiger partial charge in [-0.3, -0.25) is 19.2 Å². The zero-order valence-electron chi connectivity index (χ0n) is 23.8. The molecule has 0 saturated carbocycles. The molecule has 3 rings (SSSR count). The quantitative estimate of drug-likeness (QED) is 0.0855. The van der Waals surface area contributed by atoms with Crippen LogP contribution >= 0.6 is 0 Å². The van der Waals surface area contributed by atoms with E-state index >= 15 is 0 Å². The largest absolute Gasteiger partial charge is 0.494 e. The number of nitrogens with zero attached hydrogens (tertiary/aromatic N) is 1. The van der Waals surface area contributed by atoms with Crippen molar-refractivity contribution in [1.82, 2.24) is 15.7 Å². The molecule has 0 spiro atoms. The first kappa shape index (κ1) is 31.9. The summed E-state index contributed by atoms with van der Waals surface area (Å²) in [5.74, 6) is -1.91. The van der Waals surface area contributed by atoms with Gasteiger partial charge < -0.3 is 24.9 Å². The number of aromatic carboxylic acids is 1. The van der Waals surface area contributed by atoms with Crippen LogP contribution in [0.5, 0.6) is 5.75 Å². The Hall–Kier alpha value is -4.64. The van der Waals surface area contributed by atoms with E-state index in [4.69, 9.17) is 14.0 Å². The Morgan fingerprint density at radius 1 is 1.02 bits per heavy atom. The average molecular weight is 580 g/mol. The SMILES string of the molecule is CCCCC[C@H](CN(C=O)OCc1ccccc1)C(=O)NCNC(=O)c1ccc(-c2cc(OCC)cc(C(=O)O)c2)o1. The number of carboxylic acid groups (broad SMARTS) is 1. The maximum absolute atomic E-state index is 13.0. The number of carbonyl (C=O) groups is 4. The van der Waals surface area contributed by atoms with Crippen molar-refractivity contribution in [2.75, 3.05) is 19.8 Å². The molecule has 0 aliphatic heterocycles. The molecule has 3 N–H and O–H groups in total. The Balaban J connectivity index is 1.57.